The molecular formula is C15H19N3. The first-order valence-corrected chi connectivity index (χ1v) is 6.37. The molecule has 94 valence electrons. The number of hydrogen-bond donors (Lipinski definition) is 1. The summed E-state index contributed by atoms with van der Waals surface area (Å²) in [5.74, 6) is 0.800. The van der Waals surface area contributed by atoms with Crippen molar-refractivity contribution < 1.29 is 0 Å². The molecule has 0 bridgehead atoms. The van der Waals surface area contributed by atoms with Crippen molar-refractivity contribution in [1.82, 2.24) is 9.97 Å². The summed E-state index contributed by atoms with van der Waals surface area (Å²) in [5, 5.41) is 0. The van der Waals surface area contributed by atoms with Crippen molar-refractivity contribution in [2.75, 3.05) is 0 Å². The first kappa shape index (κ1) is 12.7. The number of aryl methyl sites for hydroxylation is 2. The van der Waals surface area contributed by atoms with E-state index in [0.29, 0.717) is 6.54 Å². The Bertz CT molecular complexity index is 535. The fourth-order valence-corrected chi connectivity index (χ4v) is 1.98. The standard InChI is InChI=1S/C15H19N3/c1-3-5-14-8-11(2)17-15(18-14)13-7-4-6-12(9-13)10-16/h4,6-9H,3,5,10,16H2,1-2H3. The second-order valence-electron chi connectivity index (χ2n) is 4.48. The highest BCUT2D eigenvalue weighted by molar-refractivity contribution is 5.56. The SMILES string of the molecule is CCCc1cc(C)nc(-c2cccc(CN)c2)n1. The normalized spacial score (nSPS) is 10.6. The molecule has 0 amide bonds. The van der Waals surface area contributed by atoms with Crippen molar-refractivity contribution >= 4 is 0 Å². The third-order valence-electron chi connectivity index (χ3n) is 2.83. The van der Waals surface area contributed by atoms with Gasteiger partial charge in [-0.3, -0.25) is 0 Å². The second kappa shape index (κ2) is 5.74. The van der Waals surface area contributed by atoms with Gasteiger partial charge in [0.2, 0.25) is 0 Å². The molecule has 1 aromatic heterocycles. The van der Waals surface area contributed by atoms with E-state index < -0.39 is 0 Å². The number of benzene rings is 1. The Labute approximate surface area is 108 Å². The van der Waals surface area contributed by atoms with Crippen LogP contribution in [0.4, 0.5) is 0 Å². The molecule has 0 spiro atoms. The predicted molar refractivity (Wildman–Crippen MR) is 74.1 cm³/mol. The average Bonchev–Trinajstić information content (AvgIpc) is 2.38. The van der Waals surface area contributed by atoms with Crippen LogP contribution in [0.25, 0.3) is 11.4 Å². The first-order valence-electron chi connectivity index (χ1n) is 6.37. The Morgan fingerprint density at radius 2 is 2.00 bits per heavy atom. The molecule has 0 unspecified atom stereocenters. The largest absolute Gasteiger partial charge is 0.326 e. The van der Waals surface area contributed by atoms with E-state index in [1.807, 2.05) is 25.1 Å². The Kier molecular flexibility index (Phi) is 4.05. The lowest BCUT2D eigenvalue weighted by Gasteiger charge is -2.06. The van der Waals surface area contributed by atoms with Crippen LogP contribution < -0.4 is 5.73 Å². The summed E-state index contributed by atoms with van der Waals surface area (Å²) in [6.45, 7) is 4.71. The van der Waals surface area contributed by atoms with Crippen molar-refractivity contribution in [1.29, 1.82) is 0 Å². The summed E-state index contributed by atoms with van der Waals surface area (Å²) < 4.78 is 0. The van der Waals surface area contributed by atoms with Crippen molar-refractivity contribution in [2.45, 2.75) is 33.2 Å². The maximum absolute atomic E-state index is 5.66. The zero-order chi connectivity index (χ0) is 13.0. The van der Waals surface area contributed by atoms with Crippen molar-refractivity contribution in [3.05, 3.63) is 47.3 Å². The molecule has 0 fully saturated rings. The van der Waals surface area contributed by atoms with Crippen molar-refractivity contribution in [3.63, 3.8) is 0 Å². The number of rotatable bonds is 4. The third kappa shape index (κ3) is 2.93. The van der Waals surface area contributed by atoms with Gasteiger partial charge in [-0.05, 0) is 31.0 Å². The zero-order valence-corrected chi connectivity index (χ0v) is 11.0. The summed E-state index contributed by atoms with van der Waals surface area (Å²) in [6.07, 6.45) is 2.09. The van der Waals surface area contributed by atoms with Crippen LogP contribution in [0.2, 0.25) is 0 Å². The van der Waals surface area contributed by atoms with E-state index in [-0.39, 0.29) is 0 Å². The molecule has 0 aliphatic carbocycles. The molecule has 0 saturated carbocycles. The maximum Gasteiger partial charge on any atom is 0.159 e. The fraction of sp³-hybridized carbons (Fsp3) is 0.333. The topological polar surface area (TPSA) is 51.8 Å². The van der Waals surface area contributed by atoms with E-state index in [1.165, 1.54) is 0 Å². The Balaban J connectivity index is 2.42. The van der Waals surface area contributed by atoms with Crippen LogP contribution >= 0.6 is 0 Å². The molecule has 1 heterocycles. The molecule has 0 aliphatic heterocycles. The molecule has 3 heteroatoms. The predicted octanol–water partition coefficient (Wildman–Crippen LogP) is 2.86. The van der Waals surface area contributed by atoms with Gasteiger partial charge in [0.15, 0.2) is 5.82 Å². The van der Waals surface area contributed by atoms with Gasteiger partial charge in [-0.1, -0.05) is 31.5 Å². The molecule has 0 aliphatic rings. The van der Waals surface area contributed by atoms with E-state index >= 15 is 0 Å². The van der Waals surface area contributed by atoms with E-state index in [2.05, 4.69) is 29.0 Å². The van der Waals surface area contributed by atoms with E-state index in [9.17, 15) is 0 Å². The Morgan fingerprint density at radius 1 is 1.17 bits per heavy atom. The van der Waals surface area contributed by atoms with Gasteiger partial charge in [0.25, 0.3) is 0 Å². The minimum Gasteiger partial charge on any atom is -0.326 e. The summed E-state index contributed by atoms with van der Waals surface area (Å²) in [6, 6.07) is 10.2. The first-order chi connectivity index (χ1) is 8.72. The number of aromatic nitrogens is 2. The van der Waals surface area contributed by atoms with E-state index in [4.69, 9.17) is 5.73 Å². The lowest BCUT2D eigenvalue weighted by atomic mass is 10.1. The summed E-state index contributed by atoms with van der Waals surface area (Å²) in [5.41, 5.74) is 9.94. The quantitative estimate of drug-likeness (QED) is 0.895. The summed E-state index contributed by atoms with van der Waals surface area (Å²) in [4.78, 5) is 9.13. The van der Waals surface area contributed by atoms with Crippen LogP contribution in [0.15, 0.2) is 30.3 Å². The van der Waals surface area contributed by atoms with Crippen LogP contribution in [0.5, 0.6) is 0 Å². The second-order valence-corrected chi connectivity index (χ2v) is 4.48. The van der Waals surface area contributed by atoms with Gasteiger partial charge in [0.1, 0.15) is 0 Å². The highest BCUT2D eigenvalue weighted by Crippen LogP contribution is 2.18. The van der Waals surface area contributed by atoms with Gasteiger partial charge in [-0.2, -0.15) is 0 Å². The fourth-order valence-electron chi connectivity index (χ4n) is 1.98. The molecule has 3 nitrogen and oxygen atoms in total. The molecule has 2 N–H and O–H groups in total. The van der Waals surface area contributed by atoms with Gasteiger partial charge >= 0.3 is 0 Å². The van der Waals surface area contributed by atoms with E-state index in [0.717, 1.165) is 41.2 Å². The van der Waals surface area contributed by atoms with Crippen LogP contribution in [0, 0.1) is 6.92 Å². The van der Waals surface area contributed by atoms with Crippen molar-refractivity contribution in [2.24, 2.45) is 5.73 Å². The third-order valence-corrected chi connectivity index (χ3v) is 2.83. The lowest BCUT2D eigenvalue weighted by molar-refractivity contribution is 0.869. The molecule has 2 aromatic rings. The summed E-state index contributed by atoms with van der Waals surface area (Å²) in [7, 11) is 0. The highest BCUT2D eigenvalue weighted by Gasteiger charge is 2.05. The minimum atomic E-state index is 0.543. The Morgan fingerprint density at radius 3 is 2.72 bits per heavy atom. The average molecular weight is 241 g/mol. The lowest BCUT2D eigenvalue weighted by Crippen LogP contribution is -2.00. The Hall–Kier alpha value is -1.74. The van der Waals surface area contributed by atoms with Crippen LogP contribution in [-0.2, 0) is 13.0 Å². The van der Waals surface area contributed by atoms with Gasteiger partial charge in [0.05, 0.1) is 0 Å². The molecule has 18 heavy (non-hydrogen) atoms. The van der Waals surface area contributed by atoms with Gasteiger partial charge in [-0.25, -0.2) is 9.97 Å². The molecular weight excluding hydrogens is 222 g/mol. The number of hydrogen-bond acceptors (Lipinski definition) is 3. The molecule has 0 saturated heterocycles. The minimum absolute atomic E-state index is 0.543. The van der Waals surface area contributed by atoms with Gasteiger partial charge in [-0.15, -0.1) is 0 Å². The van der Waals surface area contributed by atoms with Crippen LogP contribution in [0.3, 0.4) is 0 Å². The molecule has 1 aromatic carbocycles. The number of nitrogens with two attached hydrogens (primary N) is 1. The molecule has 0 radical (unpaired) electrons. The number of nitrogens with zero attached hydrogens (tertiary/aromatic N) is 2. The van der Waals surface area contributed by atoms with Crippen LogP contribution in [0.1, 0.15) is 30.3 Å². The molecule has 2 rings (SSSR count). The van der Waals surface area contributed by atoms with Gasteiger partial charge < -0.3 is 5.73 Å². The highest BCUT2D eigenvalue weighted by atomic mass is 14.9. The molecule has 0 atom stereocenters. The maximum atomic E-state index is 5.66. The smallest absolute Gasteiger partial charge is 0.159 e. The van der Waals surface area contributed by atoms with Crippen LogP contribution in [-0.4, -0.2) is 9.97 Å². The van der Waals surface area contributed by atoms with Gasteiger partial charge in [0, 0.05) is 23.5 Å². The monoisotopic (exact) mass is 241 g/mol. The summed E-state index contributed by atoms with van der Waals surface area (Å²) >= 11 is 0. The van der Waals surface area contributed by atoms with E-state index in [1.54, 1.807) is 0 Å². The zero-order valence-electron chi connectivity index (χ0n) is 11.0. The van der Waals surface area contributed by atoms with Crippen molar-refractivity contribution in [3.8, 4) is 11.4 Å².